The summed E-state index contributed by atoms with van der Waals surface area (Å²) in [6.45, 7) is 3.76. The molecule has 3 aromatic rings. The van der Waals surface area contributed by atoms with Gasteiger partial charge in [-0.1, -0.05) is 17.7 Å². The highest BCUT2D eigenvalue weighted by molar-refractivity contribution is 7.92. The number of aromatic nitrogens is 4. The fourth-order valence-electron chi connectivity index (χ4n) is 3.20. The highest BCUT2D eigenvalue weighted by Crippen LogP contribution is 2.36. The number of methoxy groups -OCH3 is 1. The monoisotopic (exact) mass is 492 g/mol. The first-order chi connectivity index (χ1) is 16.9. The molecule has 12 heteroatoms. The first-order valence-corrected chi connectivity index (χ1v) is 12.0. The third-order valence-electron chi connectivity index (χ3n) is 4.60. The molecule has 0 fully saturated rings. The fraction of sp³-hybridized carbons (Fsp3) is 0.217. The van der Waals surface area contributed by atoms with Crippen LogP contribution in [0.15, 0.2) is 46.9 Å². The van der Waals surface area contributed by atoms with Gasteiger partial charge in [-0.05, 0) is 31.7 Å². The second kappa shape index (κ2) is 9.75. The number of aromatic hydroxyl groups is 1. The van der Waals surface area contributed by atoms with Gasteiger partial charge in [0.25, 0.3) is 0 Å². The van der Waals surface area contributed by atoms with Gasteiger partial charge in [-0.2, -0.15) is 0 Å². The number of hydrogen-bond donors (Lipinski definition) is 2. The van der Waals surface area contributed by atoms with Gasteiger partial charge in [-0.3, -0.25) is 9.29 Å². The van der Waals surface area contributed by atoms with Crippen molar-refractivity contribution < 1.29 is 23.0 Å². The smallest absolute Gasteiger partial charge is 0.245 e. The molecule has 178 valence electrons. The fourth-order valence-corrected chi connectivity index (χ4v) is 4.02. The van der Waals surface area contributed by atoms with Gasteiger partial charge in [0.1, 0.15) is 22.9 Å². The van der Waals surface area contributed by atoms with E-state index >= 15 is 0 Å². The van der Waals surface area contributed by atoms with Gasteiger partial charge in [0, 0.05) is 0 Å². The number of hydrogen-bond acceptors (Lipinski definition) is 9. The number of benzene rings is 1. The Bertz CT molecular complexity index is 1610. The molecule has 0 radical (unpaired) electrons. The molecular weight excluding hydrogens is 472 g/mol. The number of phenolic OH excluding ortho intramolecular Hbond substituents is 1. The number of anilines is 1. The lowest BCUT2D eigenvalue weighted by molar-refractivity contribution is 0.330. The zero-order chi connectivity index (χ0) is 25.0. The molecule has 0 saturated heterocycles. The maximum Gasteiger partial charge on any atom is 0.245 e. The van der Waals surface area contributed by atoms with E-state index in [1.165, 1.54) is 30.0 Å². The average Bonchev–Trinajstić information content (AvgIpc) is 3.21. The lowest BCUT2D eigenvalue weighted by atomic mass is 10.2. The third kappa shape index (κ3) is 4.88. The molecule has 2 aromatic heterocycles. The summed E-state index contributed by atoms with van der Waals surface area (Å²) in [5.74, 6) is 5.26. The highest BCUT2D eigenvalue weighted by Gasteiger charge is 2.25. The number of rotatable bonds is 7. The minimum Gasteiger partial charge on any atom is -0.506 e. The number of phenols is 1. The zero-order valence-corrected chi connectivity index (χ0v) is 19.8. The maximum absolute atomic E-state index is 12.3. The van der Waals surface area contributed by atoms with E-state index in [1.54, 1.807) is 19.1 Å². The van der Waals surface area contributed by atoms with E-state index in [9.17, 15) is 13.5 Å². The standard InChI is InChI=1S/C23H20N6O5S/c1-4-6-13-35(31,32)28-18-14-24-21-23(26-18)29(20-16(30)10-8-11-17(20)33-3)22(27-21)15-9-7-12-19(25-15)34-5-2/h8,10-12,14,30H,5,13H2,1-3H3,(H,26,28). The molecule has 0 aliphatic carbocycles. The summed E-state index contributed by atoms with van der Waals surface area (Å²) in [6.07, 6.45) is 2.77. The van der Waals surface area contributed by atoms with Crippen LogP contribution in [0.25, 0.3) is 22.7 Å². The van der Waals surface area contributed by atoms with E-state index in [2.05, 4.69) is 48.0 Å². The number of imidazole rings is 1. The number of nitrogens with zero attached hydrogens (tertiary/aromatic N) is 5. The molecule has 1 aliphatic heterocycles. The molecule has 2 N–H and O–H groups in total. The predicted molar refractivity (Wildman–Crippen MR) is 130 cm³/mol. The number of nitrogens with one attached hydrogen (secondary N) is 1. The van der Waals surface area contributed by atoms with Crippen molar-refractivity contribution in [3.8, 4) is 29.0 Å². The van der Waals surface area contributed by atoms with Crippen LogP contribution < -0.4 is 9.46 Å². The van der Waals surface area contributed by atoms with Crippen LogP contribution in [-0.2, 0) is 14.8 Å². The van der Waals surface area contributed by atoms with Crippen LogP contribution >= 0.6 is 0 Å². The van der Waals surface area contributed by atoms with E-state index in [4.69, 9.17) is 9.47 Å². The van der Waals surface area contributed by atoms with E-state index < -0.39 is 15.8 Å². The SMILES string of the molecule is CC#CCS(=O)(=O)Nc1cnc2nc(C3=C=C=CC(OCC)=N3)n(-c3c(O)cccc3OC)c2n1. The summed E-state index contributed by atoms with van der Waals surface area (Å²) in [6, 6.07) is 4.73. The van der Waals surface area contributed by atoms with Gasteiger partial charge < -0.3 is 14.6 Å². The Morgan fingerprint density at radius 1 is 1.29 bits per heavy atom. The number of aliphatic imine (C=N–C) groups is 1. The van der Waals surface area contributed by atoms with Gasteiger partial charge in [0.2, 0.25) is 15.9 Å². The highest BCUT2D eigenvalue weighted by atomic mass is 32.2. The molecular formula is C23H20N6O5S. The number of ether oxygens (including phenoxy) is 2. The summed E-state index contributed by atoms with van der Waals surface area (Å²) >= 11 is 0. The van der Waals surface area contributed by atoms with E-state index in [0.29, 0.717) is 18.3 Å². The summed E-state index contributed by atoms with van der Waals surface area (Å²) < 4.78 is 39.4. The molecule has 0 unspecified atom stereocenters. The Hall–Kier alpha value is -4.55. The largest absolute Gasteiger partial charge is 0.506 e. The molecule has 0 bridgehead atoms. The number of para-hydroxylation sites is 1. The van der Waals surface area contributed by atoms with Gasteiger partial charge in [-0.25, -0.2) is 28.4 Å². The quantitative estimate of drug-likeness (QED) is 0.378. The first-order valence-electron chi connectivity index (χ1n) is 10.3. The minimum absolute atomic E-state index is 0.0518. The molecule has 1 aliphatic rings. The first kappa shape index (κ1) is 23.6. The van der Waals surface area contributed by atoms with Gasteiger partial charge in [0.05, 0.1) is 26.0 Å². The van der Waals surface area contributed by atoms with Gasteiger partial charge in [0.15, 0.2) is 28.6 Å². The van der Waals surface area contributed by atoms with Crippen molar-refractivity contribution >= 4 is 38.7 Å². The molecule has 1 aromatic carbocycles. The van der Waals surface area contributed by atoms with E-state index in [0.717, 1.165) is 0 Å². The average molecular weight is 493 g/mol. The van der Waals surface area contributed by atoms with Crippen LogP contribution in [-0.4, -0.2) is 58.4 Å². The number of sulfonamides is 1. The van der Waals surface area contributed by atoms with Crippen molar-refractivity contribution in [3.63, 3.8) is 0 Å². The molecule has 11 nitrogen and oxygen atoms in total. The minimum atomic E-state index is -3.79. The Kier molecular flexibility index (Phi) is 6.57. The third-order valence-corrected chi connectivity index (χ3v) is 5.65. The molecule has 0 saturated carbocycles. The van der Waals surface area contributed by atoms with Crippen molar-refractivity contribution in [3.05, 3.63) is 47.8 Å². The van der Waals surface area contributed by atoms with Gasteiger partial charge >= 0.3 is 0 Å². The summed E-state index contributed by atoms with van der Waals surface area (Å²) in [7, 11) is -2.34. The summed E-state index contributed by atoms with van der Waals surface area (Å²) in [5.41, 5.74) is 6.46. The topological polar surface area (TPSA) is 141 Å². The van der Waals surface area contributed by atoms with Crippen LogP contribution in [0.3, 0.4) is 0 Å². The molecule has 0 atom stereocenters. The lowest BCUT2D eigenvalue weighted by Gasteiger charge is -2.14. The summed E-state index contributed by atoms with van der Waals surface area (Å²) in [4.78, 5) is 17.6. The second-order valence-electron chi connectivity index (χ2n) is 6.93. The molecule has 35 heavy (non-hydrogen) atoms. The van der Waals surface area contributed by atoms with Gasteiger partial charge in [-0.15, -0.1) is 5.92 Å². The Morgan fingerprint density at radius 3 is 2.86 bits per heavy atom. The zero-order valence-electron chi connectivity index (χ0n) is 19.0. The molecule has 0 amide bonds. The molecule has 0 spiro atoms. The number of fused-ring (bicyclic) bond motifs is 1. The van der Waals surface area contributed by atoms with Crippen molar-refractivity contribution in [2.45, 2.75) is 13.8 Å². The Balaban J connectivity index is 1.97. The Morgan fingerprint density at radius 2 is 2.11 bits per heavy atom. The maximum atomic E-state index is 12.3. The lowest BCUT2D eigenvalue weighted by Crippen LogP contribution is -2.17. The van der Waals surface area contributed by atoms with Crippen LogP contribution in [0, 0.1) is 11.8 Å². The van der Waals surface area contributed by atoms with Crippen molar-refractivity contribution in [1.82, 2.24) is 19.5 Å². The molecule has 3 heterocycles. The van der Waals surface area contributed by atoms with E-state index in [1.807, 2.05) is 6.92 Å². The van der Waals surface area contributed by atoms with E-state index in [-0.39, 0.29) is 40.1 Å². The Labute approximate surface area is 201 Å². The predicted octanol–water partition coefficient (Wildman–Crippen LogP) is 2.39. The second-order valence-corrected chi connectivity index (χ2v) is 8.66. The summed E-state index contributed by atoms with van der Waals surface area (Å²) in [5, 5.41) is 10.8. The van der Waals surface area contributed by atoms with Crippen LogP contribution in [0.1, 0.15) is 19.7 Å². The van der Waals surface area contributed by atoms with Crippen LogP contribution in [0.5, 0.6) is 11.5 Å². The van der Waals surface area contributed by atoms with Crippen LogP contribution in [0.2, 0.25) is 0 Å². The normalized spacial score (nSPS) is 12.5. The van der Waals surface area contributed by atoms with Crippen molar-refractivity contribution in [2.24, 2.45) is 4.99 Å². The van der Waals surface area contributed by atoms with Crippen molar-refractivity contribution in [1.29, 1.82) is 0 Å². The molecule has 4 rings (SSSR count). The van der Waals surface area contributed by atoms with Crippen LogP contribution in [0.4, 0.5) is 5.82 Å². The van der Waals surface area contributed by atoms with Crippen molar-refractivity contribution in [2.75, 3.05) is 24.2 Å².